The molecule has 0 aliphatic heterocycles. The summed E-state index contributed by atoms with van der Waals surface area (Å²) in [5.41, 5.74) is -0.987. The van der Waals surface area contributed by atoms with Gasteiger partial charge in [-0.25, -0.2) is 8.42 Å². The summed E-state index contributed by atoms with van der Waals surface area (Å²) in [5, 5.41) is 2.61. The number of para-hydroxylation sites is 2. The zero-order valence-corrected chi connectivity index (χ0v) is 15.6. The van der Waals surface area contributed by atoms with E-state index in [-0.39, 0.29) is 11.3 Å². The summed E-state index contributed by atoms with van der Waals surface area (Å²) in [4.78, 5) is 11.6. The van der Waals surface area contributed by atoms with Gasteiger partial charge >= 0.3 is 6.18 Å². The molecule has 9 heteroatoms. The third-order valence-electron chi connectivity index (χ3n) is 3.93. The molecule has 0 aliphatic carbocycles. The molecule has 3 aromatic rings. The first kappa shape index (κ1) is 20.4. The van der Waals surface area contributed by atoms with Gasteiger partial charge in [-0.1, -0.05) is 42.5 Å². The number of hydrogen-bond donors (Lipinski definition) is 2. The molecule has 5 nitrogen and oxygen atoms in total. The number of benzene rings is 3. The van der Waals surface area contributed by atoms with Crippen LogP contribution in [0.1, 0.15) is 15.9 Å². The minimum Gasteiger partial charge on any atom is -0.322 e. The van der Waals surface area contributed by atoms with Crippen molar-refractivity contribution in [1.82, 2.24) is 0 Å². The fourth-order valence-corrected chi connectivity index (χ4v) is 3.93. The average molecular weight is 420 g/mol. The lowest BCUT2D eigenvalue weighted by molar-refractivity contribution is -0.139. The third-order valence-corrected chi connectivity index (χ3v) is 5.35. The molecule has 0 saturated heterocycles. The van der Waals surface area contributed by atoms with Crippen LogP contribution in [0.4, 0.5) is 24.5 Å². The molecule has 0 aromatic heterocycles. The van der Waals surface area contributed by atoms with E-state index in [0.29, 0.717) is 11.8 Å². The van der Waals surface area contributed by atoms with Crippen LogP contribution in [0.5, 0.6) is 0 Å². The normalized spacial score (nSPS) is 11.7. The number of anilines is 2. The van der Waals surface area contributed by atoms with Gasteiger partial charge in [0.2, 0.25) is 0 Å². The maximum absolute atomic E-state index is 13.2. The summed E-state index contributed by atoms with van der Waals surface area (Å²) in [5.74, 6) is -0.612. The van der Waals surface area contributed by atoms with Crippen molar-refractivity contribution in [1.29, 1.82) is 0 Å². The highest BCUT2D eigenvalue weighted by atomic mass is 32.2. The molecule has 0 aliphatic rings. The lowest BCUT2D eigenvalue weighted by Gasteiger charge is -2.16. The van der Waals surface area contributed by atoms with E-state index in [1.807, 2.05) is 0 Å². The maximum atomic E-state index is 13.2. The van der Waals surface area contributed by atoms with Crippen molar-refractivity contribution in [2.45, 2.75) is 11.1 Å². The Hall–Kier alpha value is -3.33. The molecule has 29 heavy (non-hydrogen) atoms. The minimum absolute atomic E-state index is 0.0376. The Morgan fingerprint density at radius 1 is 0.793 bits per heavy atom. The van der Waals surface area contributed by atoms with Gasteiger partial charge in [0.15, 0.2) is 0 Å². The first-order valence-electron chi connectivity index (χ1n) is 8.33. The van der Waals surface area contributed by atoms with Crippen molar-refractivity contribution >= 4 is 27.3 Å². The second kappa shape index (κ2) is 7.96. The van der Waals surface area contributed by atoms with E-state index in [4.69, 9.17) is 0 Å². The van der Waals surface area contributed by atoms with Gasteiger partial charge in [-0.2, -0.15) is 13.2 Å². The van der Waals surface area contributed by atoms with E-state index in [1.165, 1.54) is 30.3 Å². The van der Waals surface area contributed by atoms with Gasteiger partial charge in [0.25, 0.3) is 15.9 Å². The van der Waals surface area contributed by atoms with Crippen LogP contribution in [0.25, 0.3) is 0 Å². The quantitative estimate of drug-likeness (QED) is 0.625. The Kier molecular flexibility index (Phi) is 5.60. The van der Waals surface area contributed by atoms with Gasteiger partial charge in [-0.3, -0.25) is 9.52 Å². The van der Waals surface area contributed by atoms with Crippen molar-refractivity contribution < 1.29 is 26.4 Å². The predicted octanol–water partition coefficient (Wildman–Crippen LogP) is 4.76. The molecule has 3 aromatic carbocycles. The molecular formula is C20H15F3N2O3S. The van der Waals surface area contributed by atoms with Crippen LogP contribution in [-0.4, -0.2) is 14.3 Å². The molecule has 2 N–H and O–H groups in total. The van der Waals surface area contributed by atoms with E-state index >= 15 is 0 Å². The lowest BCUT2D eigenvalue weighted by Crippen LogP contribution is -2.21. The number of amides is 1. The van der Waals surface area contributed by atoms with Gasteiger partial charge in [-0.15, -0.1) is 0 Å². The van der Waals surface area contributed by atoms with Crippen molar-refractivity contribution in [3.05, 3.63) is 90.0 Å². The predicted molar refractivity (Wildman–Crippen MR) is 103 cm³/mol. The molecule has 0 atom stereocenters. The molecule has 150 valence electrons. The van der Waals surface area contributed by atoms with Crippen LogP contribution in [-0.2, 0) is 16.2 Å². The molecule has 0 spiro atoms. The van der Waals surface area contributed by atoms with Crippen LogP contribution >= 0.6 is 0 Å². The summed E-state index contributed by atoms with van der Waals surface area (Å²) in [6.07, 6.45) is -4.85. The standard InChI is InChI=1S/C20H15F3N2O3S/c21-20(22,23)16-11-5-7-13-18(16)29(27,28)25-17-12-6-4-10-15(17)19(26)24-14-8-2-1-3-9-14/h1-13,25H,(H,24,26). The molecule has 0 bridgehead atoms. The number of sulfonamides is 1. The molecule has 1 amide bonds. The van der Waals surface area contributed by atoms with Crippen molar-refractivity contribution in [3.63, 3.8) is 0 Å². The van der Waals surface area contributed by atoms with Crippen LogP contribution < -0.4 is 10.0 Å². The van der Waals surface area contributed by atoms with Gasteiger partial charge in [-0.05, 0) is 36.4 Å². The number of halogens is 3. The molecular weight excluding hydrogens is 405 g/mol. The fourth-order valence-electron chi connectivity index (χ4n) is 2.62. The van der Waals surface area contributed by atoms with Gasteiger partial charge < -0.3 is 5.32 Å². The molecule has 0 heterocycles. The van der Waals surface area contributed by atoms with E-state index in [1.54, 1.807) is 30.3 Å². The monoisotopic (exact) mass is 420 g/mol. The summed E-state index contributed by atoms with van der Waals surface area (Å²) in [7, 11) is -4.61. The summed E-state index contributed by atoms with van der Waals surface area (Å²) in [6.45, 7) is 0. The SMILES string of the molecule is O=C(Nc1ccccc1)c1ccccc1NS(=O)(=O)c1ccccc1C(F)(F)F. The third kappa shape index (κ3) is 4.75. The molecule has 0 fully saturated rings. The number of carbonyl (C=O) groups is 1. The molecule has 3 rings (SSSR count). The highest BCUT2D eigenvalue weighted by molar-refractivity contribution is 7.92. The largest absolute Gasteiger partial charge is 0.417 e. The first-order chi connectivity index (χ1) is 13.7. The van der Waals surface area contributed by atoms with E-state index in [2.05, 4.69) is 10.0 Å². The number of alkyl halides is 3. The molecule has 0 unspecified atom stereocenters. The second-order valence-electron chi connectivity index (χ2n) is 5.97. The zero-order valence-electron chi connectivity index (χ0n) is 14.8. The minimum atomic E-state index is -4.85. The number of carbonyl (C=O) groups excluding carboxylic acids is 1. The number of rotatable bonds is 5. The Labute approximate surface area is 165 Å². The summed E-state index contributed by atoms with van der Waals surface area (Å²) in [6, 6.07) is 17.9. The number of hydrogen-bond acceptors (Lipinski definition) is 3. The van der Waals surface area contributed by atoms with Gasteiger partial charge in [0.1, 0.15) is 0 Å². The van der Waals surface area contributed by atoms with Crippen molar-refractivity contribution in [2.75, 3.05) is 10.0 Å². The Bertz CT molecular complexity index is 1130. The van der Waals surface area contributed by atoms with E-state index in [9.17, 15) is 26.4 Å². The Morgan fingerprint density at radius 2 is 1.38 bits per heavy atom. The van der Waals surface area contributed by atoms with Crippen LogP contribution in [0.2, 0.25) is 0 Å². The summed E-state index contributed by atoms with van der Waals surface area (Å²) >= 11 is 0. The van der Waals surface area contributed by atoms with E-state index in [0.717, 1.165) is 12.1 Å². The highest BCUT2D eigenvalue weighted by Crippen LogP contribution is 2.34. The van der Waals surface area contributed by atoms with Crippen LogP contribution in [0.3, 0.4) is 0 Å². The fraction of sp³-hybridized carbons (Fsp3) is 0.0500. The lowest BCUT2D eigenvalue weighted by atomic mass is 10.1. The first-order valence-corrected chi connectivity index (χ1v) is 9.81. The van der Waals surface area contributed by atoms with Crippen LogP contribution in [0, 0.1) is 0 Å². The highest BCUT2D eigenvalue weighted by Gasteiger charge is 2.37. The van der Waals surface area contributed by atoms with Crippen LogP contribution in [0.15, 0.2) is 83.8 Å². The van der Waals surface area contributed by atoms with Crippen molar-refractivity contribution in [2.24, 2.45) is 0 Å². The number of nitrogens with one attached hydrogen (secondary N) is 2. The average Bonchev–Trinajstić information content (AvgIpc) is 2.68. The van der Waals surface area contributed by atoms with Gasteiger partial charge in [0.05, 0.1) is 21.7 Å². The van der Waals surface area contributed by atoms with E-state index < -0.39 is 32.6 Å². The smallest absolute Gasteiger partial charge is 0.322 e. The zero-order chi connectivity index (χ0) is 21.1. The second-order valence-corrected chi connectivity index (χ2v) is 7.62. The Balaban J connectivity index is 1.95. The molecule has 0 radical (unpaired) electrons. The maximum Gasteiger partial charge on any atom is 0.417 e. The van der Waals surface area contributed by atoms with Crippen molar-refractivity contribution in [3.8, 4) is 0 Å². The topological polar surface area (TPSA) is 75.3 Å². The summed E-state index contributed by atoms with van der Waals surface area (Å²) < 4.78 is 67.0. The van der Waals surface area contributed by atoms with Gasteiger partial charge in [0, 0.05) is 5.69 Å². The Morgan fingerprint density at radius 3 is 2.07 bits per heavy atom. The molecule has 0 saturated carbocycles.